The number of ether oxygens (including phenoxy) is 1. The molecule has 0 aliphatic carbocycles. The standard InChI is InChI=1S/C23H22N4O3/c28-22(18-14-24-16-8-2-3-9-17(16)25-18)27-15-21(23(29)26-12-6-1-7-13-26)30-20-11-5-4-10-19(20)27/h2-5,8-11,14,21H,1,6-7,12-13,15H2. The van der Waals surface area contributed by atoms with Crippen molar-refractivity contribution in [3.05, 3.63) is 60.4 Å². The molecule has 3 aromatic rings. The molecule has 3 heterocycles. The zero-order valence-corrected chi connectivity index (χ0v) is 16.5. The quantitative estimate of drug-likeness (QED) is 0.659. The van der Waals surface area contributed by atoms with Gasteiger partial charge in [0.25, 0.3) is 11.8 Å². The van der Waals surface area contributed by atoms with Gasteiger partial charge in [-0.15, -0.1) is 0 Å². The fraction of sp³-hybridized carbons (Fsp3) is 0.304. The topological polar surface area (TPSA) is 75.6 Å². The van der Waals surface area contributed by atoms with Crippen molar-refractivity contribution in [2.75, 3.05) is 24.5 Å². The second-order valence-electron chi connectivity index (χ2n) is 7.62. The lowest BCUT2D eigenvalue weighted by molar-refractivity contribution is -0.139. The number of para-hydroxylation sites is 4. The van der Waals surface area contributed by atoms with Crippen LogP contribution in [0.1, 0.15) is 29.8 Å². The fourth-order valence-corrected chi connectivity index (χ4v) is 4.07. The number of carbonyl (C=O) groups is 2. The van der Waals surface area contributed by atoms with Gasteiger partial charge >= 0.3 is 0 Å². The van der Waals surface area contributed by atoms with Gasteiger partial charge in [-0.1, -0.05) is 24.3 Å². The van der Waals surface area contributed by atoms with Crippen LogP contribution in [0.25, 0.3) is 11.0 Å². The summed E-state index contributed by atoms with van der Waals surface area (Å²) in [5.41, 5.74) is 2.27. The van der Waals surface area contributed by atoms with E-state index in [0.717, 1.165) is 37.9 Å². The number of anilines is 1. The van der Waals surface area contributed by atoms with Gasteiger partial charge in [0.1, 0.15) is 11.4 Å². The van der Waals surface area contributed by atoms with E-state index < -0.39 is 6.10 Å². The molecule has 2 aliphatic heterocycles. The van der Waals surface area contributed by atoms with E-state index in [1.165, 1.54) is 6.20 Å². The van der Waals surface area contributed by atoms with Gasteiger partial charge in [-0.05, 0) is 43.5 Å². The van der Waals surface area contributed by atoms with Crippen LogP contribution in [0.4, 0.5) is 5.69 Å². The highest BCUT2D eigenvalue weighted by molar-refractivity contribution is 6.07. The monoisotopic (exact) mass is 402 g/mol. The predicted octanol–water partition coefficient (Wildman–Crippen LogP) is 3.05. The Labute approximate surface area is 174 Å². The number of amides is 2. The van der Waals surface area contributed by atoms with Crippen LogP contribution in [0.3, 0.4) is 0 Å². The van der Waals surface area contributed by atoms with Crippen molar-refractivity contribution in [1.29, 1.82) is 0 Å². The Morgan fingerprint density at radius 1 is 0.933 bits per heavy atom. The molecule has 0 bridgehead atoms. The average Bonchev–Trinajstić information content (AvgIpc) is 2.82. The molecule has 152 valence electrons. The number of hydrogen-bond acceptors (Lipinski definition) is 5. The SMILES string of the molecule is O=C(C1CN(C(=O)c2cnc3ccccc3n2)c2ccccc2O1)N1CCCCC1. The van der Waals surface area contributed by atoms with Gasteiger partial charge in [0.15, 0.2) is 6.10 Å². The van der Waals surface area contributed by atoms with Crippen LogP contribution in [-0.4, -0.2) is 52.4 Å². The minimum absolute atomic E-state index is 0.0633. The highest BCUT2D eigenvalue weighted by Crippen LogP contribution is 2.34. The van der Waals surface area contributed by atoms with Crippen molar-refractivity contribution < 1.29 is 14.3 Å². The molecular formula is C23H22N4O3. The molecular weight excluding hydrogens is 380 g/mol. The molecule has 30 heavy (non-hydrogen) atoms. The average molecular weight is 402 g/mol. The zero-order valence-electron chi connectivity index (χ0n) is 16.5. The lowest BCUT2D eigenvalue weighted by Gasteiger charge is -2.37. The summed E-state index contributed by atoms with van der Waals surface area (Å²) in [6.45, 7) is 1.63. The number of aromatic nitrogens is 2. The van der Waals surface area contributed by atoms with Crippen molar-refractivity contribution in [1.82, 2.24) is 14.9 Å². The Kier molecular flexibility index (Phi) is 4.78. The lowest BCUT2D eigenvalue weighted by Crippen LogP contribution is -2.53. The summed E-state index contributed by atoms with van der Waals surface area (Å²) in [5, 5.41) is 0. The van der Waals surface area contributed by atoms with Crippen LogP contribution in [0.2, 0.25) is 0 Å². The third-order valence-electron chi connectivity index (χ3n) is 5.63. The first-order chi connectivity index (χ1) is 14.7. The van der Waals surface area contributed by atoms with Gasteiger partial charge in [0.2, 0.25) is 0 Å². The van der Waals surface area contributed by atoms with Crippen LogP contribution in [0, 0.1) is 0 Å². The highest BCUT2D eigenvalue weighted by atomic mass is 16.5. The lowest BCUT2D eigenvalue weighted by atomic mass is 10.1. The molecule has 1 unspecified atom stereocenters. The molecule has 2 amide bonds. The molecule has 0 saturated carbocycles. The molecule has 1 atom stereocenters. The molecule has 7 nitrogen and oxygen atoms in total. The molecule has 1 fully saturated rings. The Morgan fingerprint density at radius 2 is 1.67 bits per heavy atom. The largest absolute Gasteiger partial charge is 0.476 e. The van der Waals surface area contributed by atoms with Crippen LogP contribution in [0.5, 0.6) is 5.75 Å². The summed E-state index contributed by atoms with van der Waals surface area (Å²) in [5.74, 6) is 0.174. The minimum atomic E-state index is -0.727. The first-order valence-corrected chi connectivity index (χ1v) is 10.3. The second-order valence-corrected chi connectivity index (χ2v) is 7.62. The molecule has 0 spiro atoms. The number of likely N-dealkylation sites (tertiary alicyclic amines) is 1. The Bertz CT molecular complexity index is 1110. The maximum absolute atomic E-state index is 13.4. The Morgan fingerprint density at radius 3 is 2.50 bits per heavy atom. The van der Waals surface area contributed by atoms with Gasteiger partial charge in [0, 0.05) is 13.1 Å². The van der Waals surface area contributed by atoms with Crippen molar-refractivity contribution in [3.8, 4) is 5.75 Å². The van der Waals surface area contributed by atoms with E-state index in [9.17, 15) is 9.59 Å². The number of carbonyl (C=O) groups excluding carboxylic acids is 2. The van der Waals surface area contributed by atoms with Crippen LogP contribution < -0.4 is 9.64 Å². The maximum Gasteiger partial charge on any atom is 0.278 e. The summed E-state index contributed by atoms with van der Waals surface area (Å²) < 4.78 is 6.01. The highest BCUT2D eigenvalue weighted by Gasteiger charge is 2.37. The molecule has 7 heteroatoms. The molecule has 2 aromatic carbocycles. The Hall–Kier alpha value is -3.48. The third kappa shape index (κ3) is 3.36. The predicted molar refractivity (Wildman–Crippen MR) is 113 cm³/mol. The molecule has 1 aromatic heterocycles. The van der Waals surface area contributed by atoms with E-state index in [1.54, 1.807) is 11.0 Å². The second kappa shape index (κ2) is 7.74. The normalized spacial score (nSPS) is 18.6. The molecule has 2 aliphatic rings. The first-order valence-electron chi connectivity index (χ1n) is 10.3. The van der Waals surface area contributed by atoms with E-state index in [2.05, 4.69) is 9.97 Å². The third-order valence-corrected chi connectivity index (χ3v) is 5.63. The van der Waals surface area contributed by atoms with E-state index in [1.807, 2.05) is 47.4 Å². The van der Waals surface area contributed by atoms with Crippen molar-refractivity contribution in [2.24, 2.45) is 0 Å². The number of fused-ring (bicyclic) bond motifs is 2. The molecule has 1 saturated heterocycles. The number of hydrogen-bond donors (Lipinski definition) is 0. The van der Waals surface area contributed by atoms with Crippen molar-refractivity contribution in [2.45, 2.75) is 25.4 Å². The van der Waals surface area contributed by atoms with Gasteiger partial charge in [-0.25, -0.2) is 4.98 Å². The number of rotatable bonds is 2. The fourth-order valence-electron chi connectivity index (χ4n) is 4.07. The zero-order chi connectivity index (χ0) is 20.5. The summed E-state index contributed by atoms with van der Waals surface area (Å²) in [4.78, 5) is 38.8. The summed E-state index contributed by atoms with van der Waals surface area (Å²) in [6.07, 6.45) is 3.91. The molecule has 0 N–H and O–H groups in total. The minimum Gasteiger partial charge on any atom is -0.476 e. The molecule has 5 rings (SSSR count). The van der Waals surface area contributed by atoms with E-state index in [0.29, 0.717) is 17.0 Å². The van der Waals surface area contributed by atoms with Crippen LogP contribution >= 0.6 is 0 Å². The smallest absolute Gasteiger partial charge is 0.278 e. The number of piperidine rings is 1. The van der Waals surface area contributed by atoms with Gasteiger partial charge in [-0.3, -0.25) is 19.5 Å². The summed E-state index contributed by atoms with van der Waals surface area (Å²) in [7, 11) is 0. The van der Waals surface area contributed by atoms with Crippen LogP contribution in [-0.2, 0) is 4.79 Å². The summed E-state index contributed by atoms with van der Waals surface area (Å²) in [6, 6.07) is 14.7. The van der Waals surface area contributed by atoms with Gasteiger partial charge in [-0.2, -0.15) is 0 Å². The van der Waals surface area contributed by atoms with Crippen LogP contribution in [0.15, 0.2) is 54.7 Å². The first kappa shape index (κ1) is 18.5. The van der Waals surface area contributed by atoms with Crippen molar-refractivity contribution >= 4 is 28.5 Å². The molecule has 0 radical (unpaired) electrons. The van der Waals surface area contributed by atoms with E-state index >= 15 is 0 Å². The Balaban J connectivity index is 1.47. The van der Waals surface area contributed by atoms with Gasteiger partial charge in [0.05, 0.1) is 29.5 Å². The number of nitrogens with zero attached hydrogens (tertiary/aromatic N) is 4. The van der Waals surface area contributed by atoms with Gasteiger partial charge < -0.3 is 9.64 Å². The van der Waals surface area contributed by atoms with Crippen molar-refractivity contribution in [3.63, 3.8) is 0 Å². The number of benzene rings is 2. The summed E-state index contributed by atoms with van der Waals surface area (Å²) >= 11 is 0. The van der Waals surface area contributed by atoms with E-state index in [4.69, 9.17) is 4.74 Å². The maximum atomic E-state index is 13.4. The van der Waals surface area contributed by atoms with E-state index in [-0.39, 0.29) is 24.1 Å².